The van der Waals surface area contributed by atoms with Crippen molar-refractivity contribution in [1.29, 1.82) is 0 Å². The molecule has 1 fully saturated rings. The number of rotatable bonds is 6. The van der Waals surface area contributed by atoms with Crippen LogP contribution in [0, 0.1) is 5.92 Å². The van der Waals surface area contributed by atoms with Crippen LogP contribution in [0.4, 0.5) is 0 Å². The highest BCUT2D eigenvalue weighted by molar-refractivity contribution is 7.91. The largest absolute Gasteiger partial charge is 0.480 e. The predicted octanol–water partition coefficient (Wildman–Crippen LogP) is 3.85. The maximum absolute atomic E-state index is 13.2. The van der Waals surface area contributed by atoms with Crippen LogP contribution < -0.4 is 9.60 Å². The number of hydrogen-bond acceptors (Lipinski definition) is 6. The van der Waals surface area contributed by atoms with Gasteiger partial charge in [0.1, 0.15) is 9.75 Å². The Hall–Kier alpha value is -2.79. The number of aliphatic carboxylic acids is 1. The number of thiazole rings is 1. The van der Waals surface area contributed by atoms with E-state index in [0.29, 0.717) is 4.88 Å². The van der Waals surface area contributed by atoms with Gasteiger partial charge in [0.2, 0.25) is 0 Å². The monoisotopic (exact) mass is 486 g/mol. The third-order valence-corrected chi connectivity index (χ3v) is 9.92. The summed E-state index contributed by atoms with van der Waals surface area (Å²) in [6.45, 7) is 1.74. The van der Waals surface area contributed by atoms with Gasteiger partial charge in [-0.05, 0) is 41.3 Å². The van der Waals surface area contributed by atoms with Gasteiger partial charge in [-0.15, -0.1) is 11.3 Å². The number of hydrogen-bond donors (Lipinski definition) is 3. The van der Waals surface area contributed by atoms with Crippen molar-refractivity contribution >= 4 is 48.9 Å². The van der Waals surface area contributed by atoms with Crippen LogP contribution in [0.2, 0.25) is 0 Å². The first-order chi connectivity index (χ1) is 15.2. The lowest BCUT2D eigenvalue weighted by Crippen LogP contribution is -2.45. The molecule has 3 atom stereocenters. The molecule has 2 aromatic carbocycles. The Bertz CT molecular complexity index is 1500. The van der Waals surface area contributed by atoms with E-state index in [1.54, 1.807) is 19.1 Å². The number of carboxylic acid groups (broad SMARTS) is 1. The van der Waals surface area contributed by atoms with Crippen LogP contribution in [0.1, 0.15) is 18.4 Å². The molecule has 10 heteroatoms. The van der Waals surface area contributed by atoms with Crippen molar-refractivity contribution in [3.8, 4) is 10.4 Å². The molecule has 0 unspecified atom stereocenters. The van der Waals surface area contributed by atoms with Gasteiger partial charge in [-0.25, -0.2) is 8.42 Å². The van der Waals surface area contributed by atoms with Crippen molar-refractivity contribution in [2.75, 3.05) is 0 Å². The Labute approximate surface area is 191 Å². The highest BCUT2D eigenvalue weighted by Gasteiger charge is 2.70. The lowest BCUT2D eigenvalue weighted by molar-refractivity contribution is -0.140. The molecule has 1 aliphatic carbocycles. The van der Waals surface area contributed by atoms with Crippen LogP contribution in [0.15, 0.2) is 69.7 Å². The number of carbonyl (C=O) groups is 1. The molecule has 7 nitrogen and oxygen atoms in total. The molecule has 164 valence electrons. The summed E-state index contributed by atoms with van der Waals surface area (Å²) in [6.07, 6.45) is 0. The summed E-state index contributed by atoms with van der Waals surface area (Å²) in [5.74, 6) is -2.03. The maximum Gasteiger partial charge on any atom is 0.325 e. The summed E-state index contributed by atoms with van der Waals surface area (Å²) >= 11 is 2.15. The molecule has 1 aliphatic rings. The number of aromatic nitrogens is 1. The van der Waals surface area contributed by atoms with Crippen molar-refractivity contribution in [2.24, 2.45) is 5.92 Å². The molecule has 3 N–H and O–H groups in total. The van der Waals surface area contributed by atoms with E-state index in [4.69, 9.17) is 0 Å². The number of thiophene rings is 1. The van der Waals surface area contributed by atoms with Crippen LogP contribution in [0.25, 0.3) is 20.7 Å². The van der Waals surface area contributed by atoms with Crippen LogP contribution in [0.3, 0.4) is 0 Å². The minimum Gasteiger partial charge on any atom is -0.480 e. The number of aromatic amines is 1. The first kappa shape index (κ1) is 21.1. The van der Waals surface area contributed by atoms with E-state index in [1.807, 2.05) is 42.5 Å². The minimum absolute atomic E-state index is 0.0430. The summed E-state index contributed by atoms with van der Waals surface area (Å²) in [5, 5.41) is 9.95. The fraction of sp³-hybridized carbons (Fsp3) is 0.182. The van der Waals surface area contributed by atoms with Gasteiger partial charge in [0.25, 0.3) is 10.0 Å². The smallest absolute Gasteiger partial charge is 0.325 e. The number of fused-ring (bicyclic) bond motifs is 1. The third-order valence-electron chi connectivity index (χ3n) is 5.97. The summed E-state index contributed by atoms with van der Waals surface area (Å²) in [4.78, 5) is 27.0. The predicted molar refractivity (Wildman–Crippen MR) is 125 cm³/mol. The molecule has 2 heterocycles. The van der Waals surface area contributed by atoms with E-state index in [-0.39, 0.29) is 9.08 Å². The molecule has 32 heavy (non-hydrogen) atoms. The molecule has 0 bridgehead atoms. The van der Waals surface area contributed by atoms with Crippen LogP contribution in [-0.4, -0.2) is 30.0 Å². The zero-order chi connectivity index (χ0) is 22.7. The van der Waals surface area contributed by atoms with E-state index in [9.17, 15) is 23.1 Å². The standard InChI is InChI=1S/C22H18N2O5S3/c1-12-19(13-5-3-2-4-6-13)22(12,20(25)26)24-32(28,29)18-10-9-16(30-18)14-7-8-15-17(11-14)31-21(27)23-15/h2-12,19,24H,1H3,(H,23,27)(H,25,26)/t12-,19-,22+/m1/s1. The Morgan fingerprint density at radius 2 is 1.84 bits per heavy atom. The van der Waals surface area contributed by atoms with Crippen molar-refractivity contribution in [3.05, 3.63) is 75.9 Å². The summed E-state index contributed by atoms with van der Waals surface area (Å²) in [7, 11) is -4.07. The van der Waals surface area contributed by atoms with Gasteiger partial charge in [0.05, 0.1) is 10.2 Å². The molecular formula is C22H18N2O5S3. The second kappa shape index (κ2) is 7.38. The summed E-state index contributed by atoms with van der Waals surface area (Å²) in [5.41, 5.74) is 0.721. The van der Waals surface area contributed by atoms with Gasteiger partial charge >= 0.3 is 10.8 Å². The van der Waals surface area contributed by atoms with E-state index in [0.717, 1.165) is 44.0 Å². The van der Waals surface area contributed by atoms with Crippen molar-refractivity contribution in [2.45, 2.75) is 22.6 Å². The topological polar surface area (TPSA) is 116 Å². The number of nitrogens with one attached hydrogen (secondary N) is 2. The van der Waals surface area contributed by atoms with Crippen molar-refractivity contribution in [3.63, 3.8) is 0 Å². The average molecular weight is 487 g/mol. The first-order valence-electron chi connectivity index (χ1n) is 9.78. The average Bonchev–Trinajstić information content (AvgIpc) is 3.11. The van der Waals surface area contributed by atoms with Gasteiger partial charge in [-0.3, -0.25) is 9.59 Å². The third kappa shape index (κ3) is 3.30. The van der Waals surface area contributed by atoms with Crippen LogP contribution >= 0.6 is 22.7 Å². The van der Waals surface area contributed by atoms with E-state index in [1.165, 1.54) is 6.07 Å². The fourth-order valence-electron chi connectivity index (χ4n) is 4.29. The SMILES string of the molecule is C[C@@H]1[C@H](c2ccccc2)[C@]1(NS(=O)(=O)c1ccc(-c2ccc3[nH]c(=O)sc3c2)s1)C(=O)O. The quantitative estimate of drug-likeness (QED) is 0.383. The zero-order valence-electron chi connectivity index (χ0n) is 16.7. The van der Waals surface area contributed by atoms with Crippen LogP contribution in [0.5, 0.6) is 0 Å². The summed E-state index contributed by atoms with van der Waals surface area (Å²) in [6, 6.07) is 17.7. The van der Waals surface area contributed by atoms with Gasteiger partial charge in [0, 0.05) is 10.8 Å². The van der Waals surface area contributed by atoms with E-state index in [2.05, 4.69) is 9.71 Å². The highest BCUT2D eigenvalue weighted by atomic mass is 32.2. The molecule has 2 aromatic heterocycles. The van der Waals surface area contributed by atoms with E-state index >= 15 is 0 Å². The normalized spacial score (nSPS) is 22.8. The lowest BCUT2D eigenvalue weighted by Gasteiger charge is -2.15. The molecular weight excluding hydrogens is 468 g/mol. The number of benzene rings is 2. The molecule has 4 aromatic rings. The molecule has 0 aliphatic heterocycles. The molecule has 0 spiro atoms. The Balaban J connectivity index is 1.46. The zero-order valence-corrected chi connectivity index (χ0v) is 19.2. The Morgan fingerprint density at radius 3 is 2.56 bits per heavy atom. The molecule has 0 amide bonds. The van der Waals surface area contributed by atoms with Gasteiger partial charge in [0.15, 0.2) is 0 Å². The Morgan fingerprint density at radius 1 is 1.09 bits per heavy atom. The van der Waals surface area contributed by atoms with E-state index < -0.39 is 33.4 Å². The highest BCUT2D eigenvalue weighted by Crippen LogP contribution is 2.58. The number of carboxylic acids is 1. The molecule has 0 radical (unpaired) electrons. The molecule has 0 saturated heterocycles. The van der Waals surface area contributed by atoms with Crippen molar-refractivity contribution in [1.82, 2.24) is 9.71 Å². The lowest BCUT2D eigenvalue weighted by atomic mass is 10.1. The molecule has 5 rings (SSSR count). The minimum atomic E-state index is -4.07. The maximum atomic E-state index is 13.2. The number of H-pyrrole nitrogens is 1. The summed E-state index contributed by atoms with van der Waals surface area (Å²) < 4.78 is 29.7. The second-order valence-electron chi connectivity index (χ2n) is 7.80. The van der Waals surface area contributed by atoms with Gasteiger partial charge < -0.3 is 10.1 Å². The van der Waals surface area contributed by atoms with Crippen LogP contribution in [-0.2, 0) is 14.8 Å². The first-order valence-corrected chi connectivity index (χ1v) is 12.9. The Kier molecular flexibility index (Phi) is 4.86. The molecule has 1 saturated carbocycles. The van der Waals surface area contributed by atoms with Crippen molar-refractivity contribution < 1.29 is 18.3 Å². The fourth-order valence-corrected chi connectivity index (χ4v) is 7.83. The second-order valence-corrected chi connectivity index (χ2v) is 11.8. The van der Waals surface area contributed by atoms with Gasteiger partial charge in [-0.1, -0.05) is 54.7 Å². The van der Waals surface area contributed by atoms with Gasteiger partial charge in [-0.2, -0.15) is 4.72 Å². The number of sulfonamides is 1.